The van der Waals surface area contributed by atoms with Gasteiger partial charge in [-0.1, -0.05) is 63.1 Å². The maximum absolute atomic E-state index is 12.7. The molecule has 0 aromatic heterocycles. The van der Waals surface area contributed by atoms with Crippen molar-refractivity contribution >= 4 is 67.1 Å². The molecule has 3 aromatic carbocycles. The first-order valence-electron chi connectivity index (χ1n) is 20.6. The van der Waals surface area contributed by atoms with Gasteiger partial charge in [-0.2, -0.15) is 0 Å². The van der Waals surface area contributed by atoms with Gasteiger partial charge < -0.3 is 30.4 Å². The predicted molar refractivity (Wildman–Crippen MR) is 241 cm³/mol. The number of phenolic OH excluding ortho intramolecular Hbond substituents is 1. The number of hydrogen-bond acceptors (Lipinski definition) is 10. The molecule has 3 aromatic rings. The summed E-state index contributed by atoms with van der Waals surface area (Å²) >= 11 is 3.25. The van der Waals surface area contributed by atoms with E-state index in [1.807, 2.05) is 32.9 Å². The number of nitrogens with zero attached hydrogens (tertiary/aromatic N) is 1. The minimum Gasteiger partial charge on any atom is -0.507 e. The first kappa shape index (κ1) is 44.6. The second-order valence-corrected chi connectivity index (χ2v) is 20.7. The molecule has 7 rings (SSSR count). The molecule has 4 bridgehead atoms. The highest BCUT2D eigenvalue weighted by molar-refractivity contribution is 9.10. The fourth-order valence-corrected chi connectivity index (χ4v) is 11.4. The van der Waals surface area contributed by atoms with Crippen molar-refractivity contribution in [3.05, 3.63) is 87.9 Å². The number of aromatic hydroxyl groups is 1. The fraction of sp³-hybridized carbons (Fsp3) is 0.478. The molecular weight excluding hydrogens is 851 g/mol. The van der Waals surface area contributed by atoms with Gasteiger partial charge in [-0.05, 0) is 157 Å². The third-order valence-electron chi connectivity index (χ3n) is 11.3. The van der Waals surface area contributed by atoms with Crippen LogP contribution in [0.3, 0.4) is 0 Å². The first-order chi connectivity index (χ1) is 28.3. The summed E-state index contributed by atoms with van der Waals surface area (Å²) in [5.41, 5.74) is 4.85. The van der Waals surface area contributed by atoms with Crippen molar-refractivity contribution in [1.29, 1.82) is 0 Å². The van der Waals surface area contributed by atoms with E-state index in [9.17, 15) is 24.7 Å². The summed E-state index contributed by atoms with van der Waals surface area (Å²) < 4.78 is 12.4. The summed E-state index contributed by atoms with van der Waals surface area (Å²) in [5, 5.41) is 27.9. The van der Waals surface area contributed by atoms with Gasteiger partial charge in [0, 0.05) is 49.1 Å². The number of hydrogen-bond donors (Lipinski definition) is 4. The summed E-state index contributed by atoms with van der Waals surface area (Å²) in [7, 11) is 3.21. The number of amides is 2. The molecule has 59 heavy (non-hydrogen) atoms. The average Bonchev–Trinajstić information content (AvgIpc) is 3.19. The van der Waals surface area contributed by atoms with Crippen LogP contribution in [0.5, 0.6) is 11.5 Å². The van der Waals surface area contributed by atoms with E-state index in [0.29, 0.717) is 42.8 Å². The molecule has 0 saturated heterocycles. The Labute approximate surface area is 364 Å². The molecule has 0 unspecified atom stereocenters. The standard InChI is InChI=1S/C46H56BrN3O7S2/c1-45(2,3)57-43(53)15-9-30-6-10-35(11-7-30)36-12-14-41(37(26-36)46-27-32-21-33(28-46)23-34(22-32)29-46)56-18-4-5-42(52)48-16-19-58-59-20-17-49-44(54)39(50-55)25-31-8-13-40(51)38(47)24-31/h6-15,24,26,32-34,51,55H,4-5,16-23,25,27-29H2,1-3H3,(H,48,52)(H,49,54). The topological polar surface area (TPSA) is 147 Å². The number of phenols is 1. The summed E-state index contributed by atoms with van der Waals surface area (Å²) in [6.07, 6.45) is 12.2. The van der Waals surface area contributed by atoms with Crippen molar-refractivity contribution in [3.63, 3.8) is 0 Å². The number of carbonyl (C=O) groups is 3. The van der Waals surface area contributed by atoms with Gasteiger partial charge in [0.15, 0.2) is 0 Å². The molecule has 4 fully saturated rings. The second-order valence-electron chi connectivity index (χ2n) is 17.1. The molecule has 4 aliphatic rings. The van der Waals surface area contributed by atoms with Crippen LogP contribution >= 0.6 is 37.5 Å². The Morgan fingerprint density at radius 1 is 0.898 bits per heavy atom. The normalized spacial score (nSPS) is 21.1. The van der Waals surface area contributed by atoms with Crippen LogP contribution in [-0.2, 0) is 31.0 Å². The molecule has 0 aliphatic heterocycles. The average molecular weight is 907 g/mol. The van der Waals surface area contributed by atoms with Crippen LogP contribution in [0, 0.1) is 17.8 Å². The molecule has 4 saturated carbocycles. The minimum absolute atomic E-state index is 0.00369. The van der Waals surface area contributed by atoms with E-state index in [1.54, 1.807) is 39.8 Å². The molecule has 2 amide bonds. The second kappa shape index (κ2) is 20.5. The van der Waals surface area contributed by atoms with Crippen LogP contribution in [0.2, 0.25) is 0 Å². The lowest BCUT2D eigenvalue weighted by molar-refractivity contribution is -0.148. The lowest BCUT2D eigenvalue weighted by Gasteiger charge is -2.57. The van der Waals surface area contributed by atoms with E-state index < -0.39 is 11.5 Å². The lowest BCUT2D eigenvalue weighted by atomic mass is 9.48. The van der Waals surface area contributed by atoms with Crippen molar-refractivity contribution in [1.82, 2.24) is 10.6 Å². The SMILES string of the molecule is CC(C)(C)OC(=O)C=Cc1ccc(-c2ccc(OCCCC(=O)NCCSSCCNC(=O)C(Cc3ccc(O)c(Br)c3)=NO)c(C34CC5CC(CC(C5)C3)C4)c2)cc1. The van der Waals surface area contributed by atoms with E-state index in [4.69, 9.17) is 9.47 Å². The van der Waals surface area contributed by atoms with E-state index in [-0.39, 0.29) is 35.2 Å². The van der Waals surface area contributed by atoms with Crippen molar-refractivity contribution in [2.75, 3.05) is 31.2 Å². The summed E-state index contributed by atoms with van der Waals surface area (Å²) in [5.74, 6) is 3.99. The molecule has 0 radical (unpaired) electrons. The zero-order chi connectivity index (χ0) is 42.0. The number of halogens is 1. The Balaban J connectivity index is 0.936. The highest BCUT2D eigenvalue weighted by Crippen LogP contribution is 2.62. The van der Waals surface area contributed by atoms with Crippen LogP contribution in [0.1, 0.15) is 88.8 Å². The smallest absolute Gasteiger partial charge is 0.331 e. The highest BCUT2D eigenvalue weighted by Gasteiger charge is 2.52. The quantitative estimate of drug-likeness (QED) is 0.0176. The Morgan fingerprint density at radius 2 is 1.54 bits per heavy atom. The van der Waals surface area contributed by atoms with Gasteiger partial charge in [0.05, 0.1) is 11.1 Å². The van der Waals surface area contributed by atoms with E-state index in [1.165, 1.54) is 56.2 Å². The number of nitrogens with one attached hydrogen (secondary N) is 2. The van der Waals surface area contributed by atoms with E-state index in [2.05, 4.69) is 62.1 Å². The summed E-state index contributed by atoms with van der Waals surface area (Å²) in [6.45, 7) is 6.99. The van der Waals surface area contributed by atoms with Gasteiger partial charge in [0.1, 0.15) is 22.8 Å². The van der Waals surface area contributed by atoms with Gasteiger partial charge in [-0.3, -0.25) is 9.59 Å². The van der Waals surface area contributed by atoms with Gasteiger partial charge in [0.25, 0.3) is 5.91 Å². The maximum Gasteiger partial charge on any atom is 0.331 e. The molecule has 0 spiro atoms. The van der Waals surface area contributed by atoms with Crippen LogP contribution < -0.4 is 15.4 Å². The summed E-state index contributed by atoms with van der Waals surface area (Å²) in [6, 6.07) is 19.8. The molecule has 0 heterocycles. The number of carbonyl (C=O) groups excluding carboxylic acids is 3. The molecular formula is C46H56BrN3O7S2. The zero-order valence-electron chi connectivity index (χ0n) is 34.1. The molecule has 4 N–H and O–H groups in total. The molecule has 10 nitrogen and oxygen atoms in total. The van der Waals surface area contributed by atoms with Gasteiger partial charge in [0.2, 0.25) is 5.91 Å². The third kappa shape index (κ3) is 12.8. The highest BCUT2D eigenvalue weighted by atomic mass is 79.9. The number of rotatable bonds is 19. The van der Waals surface area contributed by atoms with Crippen molar-refractivity contribution in [3.8, 4) is 22.6 Å². The maximum atomic E-state index is 12.7. The Morgan fingerprint density at radius 3 is 2.17 bits per heavy atom. The van der Waals surface area contributed by atoms with E-state index in [0.717, 1.165) is 51.5 Å². The van der Waals surface area contributed by atoms with E-state index >= 15 is 0 Å². The van der Waals surface area contributed by atoms with Gasteiger partial charge >= 0.3 is 5.97 Å². The Hall–Kier alpha value is -3.94. The number of oxime groups is 1. The Bertz CT molecular complexity index is 1980. The molecule has 316 valence electrons. The third-order valence-corrected chi connectivity index (χ3v) is 14.3. The number of benzene rings is 3. The van der Waals surface area contributed by atoms with Crippen LogP contribution in [0.15, 0.2) is 76.4 Å². The van der Waals surface area contributed by atoms with Crippen LogP contribution in [-0.4, -0.2) is 70.6 Å². The van der Waals surface area contributed by atoms with Gasteiger partial charge in [-0.15, -0.1) is 0 Å². The molecule has 4 aliphatic carbocycles. The van der Waals surface area contributed by atoms with Crippen molar-refractivity contribution in [2.24, 2.45) is 22.9 Å². The molecule has 0 atom stereocenters. The number of ether oxygens (including phenoxy) is 2. The minimum atomic E-state index is -0.530. The predicted octanol–water partition coefficient (Wildman–Crippen LogP) is 9.49. The van der Waals surface area contributed by atoms with Crippen molar-refractivity contribution < 1.29 is 34.2 Å². The van der Waals surface area contributed by atoms with Crippen LogP contribution in [0.25, 0.3) is 17.2 Å². The first-order valence-corrected chi connectivity index (χ1v) is 23.8. The largest absolute Gasteiger partial charge is 0.507 e. The van der Waals surface area contributed by atoms with Gasteiger partial charge in [-0.25, -0.2) is 4.79 Å². The fourth-order valence-electron chi connectivity index (χ4n) is 9.15. The van der Waals surface area contributed by atoms with Crippen LogP contribution in [0.4, 0.5) is 0 Å². The number of esters is 1. The monoisotopic (exact) mass is 905 g/mol. The van der Waals surface area contributed by atoms with Crippen molar-refractivity contribution in [2.45, 2.75) is 89.6 Å². The zero-order valence-corrected chi connectivity index (χ0v) is 37.4. The molecule has 13 heteroatoms. The lowest BCUT2D eigenvalue weighted by Crippen LogP contribution is -2.48. The summed E-state index contributed by atoms with van der Waals surface area (Å²) in [4.78, 5) is 37.3. The Kier molecular flexibility index (Phi) is 15.5.